The Hall–Kier alpha value is -2.37. The SMILES string of the molecule is COc1cnc2c(c1)CN(c1cn[nH]c(=O)c1C)C2. The van der Waals surface area contributed by atoms with Crippen LogP contribution in [0.15, 0.2) is 23.3 Å². The minimum Gasteiger partial charge on any atom is -0.495 e. The number of nitrogens with one attached hydrogen (secondary N) is 1. The van der Waals surface area contributed by atoms with E-state index in [1.54, 1.807) is 26.4 Å². The first-order valence-electron chi connectivity index (χ1n) is 6.00. The Morgan fingerprint density at radius 2 is 2.21 bits per heavy atom. The van der Waals surface area contributed by atoms with E-state index in [9.17, 15) is 4.79 Å². The van der Waals surface area contributed by atoms with Gasteiger partial charge in [-0.3, -0.25) is 9.78 Å². The molecule has 19 heavy (non-hydrogen) atoms. The number of fused-ring (bicyclic) bond motifs is 1. The molecule has 0 radical (unpaired) electrons. The Morgan fingerprint density at radius 3 is 3.00 bits per heavy atom. The second-order valence-corrected chi connectivity index (χ2v) is 4.55. The maximum Gasteiger partial charge on any atom is 0.269 e. The van der Waals surface area contributed by atoms with Crippen molar-refractivity contribution in [1.82, 2.24) is 15.2 Å². The number of aromatic amines is 1. The Labute approximate surface area is 110 Å². The van der Waals surface area contributed by atoms with E-state index in [1.165, 1.54) is 0 Å². The van der Waals surface area contributed by atoms with Crippen LogP contribution < -0.4 is 15.2 Å². The fourth-order valence-electron chi connectivity index (χ4n) is 2.29. The number of anilines is 1. The van der Waals surface area contributed by atoms with E-state index in [2.05, 4.69) is 20.1 Å². The summed E-state index contributed by atoms with van der Waals surface area (Å²) in [5, 5.41) is 6.30. The van der Waals surface area contributed by atoms with Crippen molar-refractivity contribution in [2.75, 3.05) is 12.0 Å². The van der Waals surface area contributed by atoms with Gasteiger partial charge in [0.2, 0.25) is 0 Å². The number of H-pyrrole nitrogens is 1. The van der Waals surface area contributed by atoms with Gasteiger partial charge < -0.3 is 9.64 Å². The summed E-state index contributed by atoms with van der Waals surface area (Å²) in [6, 6.07) is 1.98. The van der Waals surface area contributed by atoms with Gasteiger partial charge in [0.05, 0.1) is 37.4 Å². The van der Waals surface area contributed by atoms with Crippen LogP contribution in [-0.2, 0) is 13.1 Å². The van der Waals surface area contributed by atoms with Crippen molar-refractivity contribution >= 4 is 5.69 Å². The third-order valence-electron chi connectivity index (χ3n) is 3.39. The van der Waals surface area contributed by atoms with Crippen LogP contribution >= 0.6 is 0 Å². The fourth-order valence-corrected chi connectivity index (χ4v) is 2.29. The smallest absolute Gasteiger partial charge is 0.269 e. The van der Waals surface area contributed by atoms with Crippen LogP contribution in [0.2, 0.25) is 0 Å². The second-order valence-electron chi connectivity index (χ2n) is 4.55. The predicted molar refractivity (Wildman–Crippen MR) is 70.3 cm³/mol. The lowest BCUT2D eigenvalue weighted by molar-refractivity contribution is 0.412. The molecule has 0 aliphatic carbocycles. The minimum atomic E-state index is -0.154. The molecule has 1 aliphatic heterocycles. The molecular weight excluding hydrogens is 244 g/mol. The number of rotatable bonds is 2. The first-order chi connectivity index (χ1) is 9.19. The molecule has 0 spiro atoms. The van der Waals surface area contributed by atoms with Crippen molar-refractivity contribution < 1.29 is 4.74 Å². The molecule has 3 heterocycles. The molecule has 0 bridgehead atoms. The molecule has 1 aliphatic rings. The predicted octanol–water partition coefficient (Wildman–Crippen LogP) is 1.00. The molecule has 1 N–H and O–H groups in total. The molecule has 2 aromatic rings. The summed E-state index contributed by atoms with van der Waals surface area (Å²) in [5.74, 6) is 0.751. The largest absolute Gasteiger partial charge is 0.495 e. The van der Waals surface area contributed by atoms with Crippen molar-refractivity contribution in [1.29, 1.82) is 0 Å². The summed E-state index contributed by atoms with van der Waals surface area (Å²) in [4.78, 5) is 18.1. The summed E-state index contributed by atoms with van der Waals surface area (Å²) >= 11 is 0. The average Bonchev–Trinajstić information content (AvgIpc) is 2.84. The van der Waals surface area contributed by atoms with Crippen molar-refractivity contribution in [3.8, 4) is 5.75 Å². The maximum absolute atomic E-state index is 11.6. The lowest BCUT2D eigenvalue weighted by atomic mass is 10.2. The highest BCUT2D eigenvalue weighted by Gasteiger charge is 2.23. The quantitative estimate of drug-likeness (QED) is 0.870. The third kappa shape index (κ3) is 1.95. The summed E-state index contributed by atoms with van der Waals surface area (Å²) in [5.41, 5.74) is 3.51. The van der Waals surface area contributed by atoms with Gasteiger partial charge in [-0.1, -0.05) is 0 Å². The first-order valence-corrected chi connectivity index (χ1v) is 6.00. The fraction of sp³-hybridized carbons (Fsp3) is 0.308. The normalized spacial score (nSPS) is 13.5. The summed E-state index contributed by atoms with van der Waals surface area (Å²) in [6.45, 7) is 3.20. The number of hydrogen-bond donors (Lipinski definition) is 1. The summed E-state index contributed by atoms with van der Waals surface area (Å²) in [7, 11) is 1.63. The number of nitrogens with zero attached hydrogens (tertiary/aromatic N) is 3. The Morgan fingerprint density at radius 1 is 1.37 bits per heavy atom. The summed E-state index contributed by atoms with van der Waals surface area (Å²) < 4.78 is 5.17. The van der Waals surface area contributed by atoms with Gasteiger partial charge in [-0.15, -0.1) is 0 Å². The zero-order valence-corrected chi connectivity index (χ0v) is 10.8. The van der Waals surface area contributed by atoms with Gasteiger partial charge in [-0.25, -0.2) is 5.10 Å². The number of aromatic nitrogens is 3. The monoisotopic (exact) mass is 258 g/mol. The van der Waals surface area contributed by atoms with E-state index in [4.69, 9.17) is 4.74 Å². The molecule has 6 heteroatoms. The first kappa shape index (κ1) is 11.7. The van der Waals surface area contributed by atoms with Gasteiger partial charge in [0.15, 0.2) is 0 Å². The third-order valence-corrected chi connectivity index (χ3v) is 3.39. The van der Waals surface area contributed by atoms with Gasteiger partial charge in [0.25, 0.3) is 5.56 Å². The minimum absolute atomic E-state index is 0.154. The lowest BCUT2D eigenvalue weighted by Gasteiger charge is -2.18. The molecule has 0 saturated carbocycles. The molecule has 0 aromatic carbocycles. The molecule has 2 aromatic heterocycles. The van der Waals surface area contributed by atoms with E-state index < -0.39 is 0 Å². The molecule has 0 atom stereocenters. The van der Waals surface area contributed by atoms with Gasteiger partial charge >= 0.3 is 0 Å². The van der Waals surface area contributed by atoms with Crippen LogP contribution in [0.3, 0.4) is 0 Å². The van der Waals surface area contributed by atoms with Crippen molar-refractivity contribution in [2.24, 2.45) is 0 Å². The Kier molecular flexibility index (Phi) is 2.70. The maximum atomic E-state index is 11.6. The highest BCUT2D eigenvalue weighted by atomic mass is 16.5. The molecule has 0 unspecified atom stereocenters. The van der Waals surface area contributed by atoms with E-state index in [0.29, 0.717) is 18.7 Å². The van der Waals surface area contributed by atoms with Gasteiger partial charge in [0.1, 0.15) is 5.75 Å². The summed E-state index contributed by atoms with van der Waals surface area (Å²) in [6.07, 6.45) is 3.39. The molecular formula is C13H14N4O2. The number of hydrogen-bond acceptors (Lipinski definition) is 5. The topological polar surface area (TPSA) is 71.1 Å². The van der Waals surface area contributed by atoms with Crippen LogP contribution in [-0.4, -0.2) is 22.3 Å². The van der Waals surface area contributed by atoms with E-state index in [0.717, 1.165) is 22.7 Å². The highest BCUT2D eigenvalue weighted by molar-refractivity contribution is 5.54. The number of methoxy groups -OCH3 is 1. The second kappa shape index (κ2) is 4.38. The molecule has 3 rings (SSSR count). The zero-order valence-electron chi connectivity index (χ0n) is 10.8. The number of pyridine rings is 1. The van der Waals surface area contributed by atoms with Gasteiger partial charge in [-0.05, 0) is 18.6 Å². The standard InChI is InChI=1S/C13H14N4O2/c1-8-12(5-15-16-13(8)18)17-6-9-3-10(19-2)4-14-11(9)7-17/h3-5H,6-7H2,1-2H3,(H,16,18). The van der Waals surface area contributed by atoms with E-state index >= 15 is 0 Å². The zero-order chi connectivity index (χ0) is 13.4. The van der Waals surface area contributed by atoms with Crippen molar-refractivity contribution in [2.45, 2.75) is 20.0 Å². The number of ether oxygens (including phenoxy) is 1. The van der Waals surface area contributed by atoms with Crippen LogP contribution in [0.1, 0.15) is 16.8 Å². The Balaban J connectivity index is 1.95. The van der Waals surface area contributed by atoms with Crippen molar-refractivity contribution in [3.63, 3.8) is 0 Å². The molecule has 0 amide bonds. The van der Waals surface area contributed by atoms with E-state index in [1.807, 2.05) is 6.07 Å². The molecule has 0 saturated heterocycles. The van der Waals surface area contributed by atoms with E-state index in [-0.39, 0.29) is 5.56 Å². The molecule has 98 valence electrons. The van der Waals surface area contributed by atoms with Crippen LogP contribution in [0.25, 0.3) is 0 Å². The van der Waals surface area contributed by atoms with Gasteiger partial charge in [-0.2, -0.15) is 5.10 Å². The Bertz CT molecular complexity index is 681. The lowest BCUT2D eigenvalue weighted by Crippen LogP contribution is -2.21. The van der Waals surface area contributed by atoms with Crippen LogP contribution in [0, 0.1) is 6.92 Å². The highest BCUT2D eigenvalue weighted by Crippen LogP contribution is 2.29. The molecule has 0 fully saturated rings. The van der Waals surface area contributed by atoms with Crippen LogP contribution in [0.4, 0.5) is 5.69 Å². The molecule has 6 nitrogen and oxygen atoms in total. The van der Waals surface area contributed by atoms with Crippen molar-refractivity contribution in [3.05, 3.63) is 45.6 Å². The van der Waals surface area contributed by atoms with Crippen LogP contribution in [0.5, 0.6) is 5.75 Å². The van der Waals surface area contributed by atoms with Gasteiger partial charge in [0, 0.05) is 12.1 Å². The average molecular weight is 258 g/mol.